The van der Waals surface area contributed by atoms with E-state index in [-0.39, 0.29) is 5.91 Å². The standard InChI is InChI=1S/C19H27N3O/c20-16-18-8-6-17(7-9-18)10-11-19(23)21-12-5-15-22-13-3-1-2-4-14-22/h6-9H,1-5,10-15H2,(H,21,23). The van der Waals surface area contributed by atoms with E-state index < -0.39 is 0 Å². The van der Waals surface area contributed by atoms with Crippen molar-refractivity contribution < 1.29 is 4.79 Å². The Labute approximate surface area is 139 Å². The molecule has 124 valence electrons. The zero-order chi connectivity index (χ0) is 16.3. The number of nitrogens with zero attached hydrogens (tertiary/aromatic N) is 2. The first-order chi connectivity index (χ1) is 11.3. The second-order valence-corrected chi connectivity index (χ2v) is 6.27. The summed E-state index contributed by atoms with van der Waals surface area (Å²) < 4.78 is 0. The highest BCUT2D eigenvalue weighted by atomic mass is 16.1. The maximum atomic E-state index is 11.9. The van der Waals surface area contributed by atoms with Crippen molar-refractivity contribution in [2.24, 2.45) is 0 Å². The normalized spacial score (nSPS) is 15.6. The molecular formula is C19H27N3O. The summed E-state index contributed by atoms with van der Waals surface area (Å²) in [6.45, 7) is 4.29. The number of nitrogens with one attached hydrogen (secondary N) is 1. The molecule has 1 aliphatic heterocycles. The lowest BCUT2D eigenvalue weighted by Gasteiger charge is -2.19. The summed E-state index contributed by atoms with van der Waals surface area (Å²) in [5, 5.41) is 11.8. The first-order valence-corrected chi connectivity index (χ1v) is 8.76. The first kappa shape index (κ1) is 17.5. The highest BCUT2D eigenvalue weighted by Gasteiger charge is 2.08. The summed E-state index contributed by atoms with van der Waals surface area (Å²) in [5.74, 6) is 0.116. The van der Waals surface area contributed by atoms with Crippen LogP contribution in [-0.4, -0.2) is 37.0 Å². The van der Waals surface area contributed by atoms with E-state index in [0.717, 1.165) is 31.5 Å². The van der Waals surface area contributed by atoms with Crippen LogP contribution in [0.4, 0.5) is 0 Å². The average molecular weight is 313 g/mol. The van der Waals surface area contributed by atoms with Gasteiger partial charge in [-0.2, -0.15) is 5.26 Å². The van der Waals surface area contributed by atoms with Crippen molar-refractivity contribution in [2.75, 3.05) is 26.2 Å². The third kappa shape index (κ3) is 6.83. The Morgan fingerprint density at radius 1 is 1.13 bits per heavy atom. The first-order valence-electron chi connectivity index (χ1n) is 8.76. The van der Waals surface area contributed by atoms with Crippen LogP contribution in [0.3, 0.4) is 0 Å². The highest BCUT2D eigenvalue weighted by Crippen LogP contribution is 2.09. The molecule has 0 bridgehead atoms. The summed E-state index contributed by atoms with van der Waals surface area (Å²) in [5.41, 5.74) is 1.76. The molecule has 0 radical (unpaired) electrons. The largest absolute Gasteiger partial charge is 0.356 e. The van der Waals surface area contributed by atoms with Crippen LogP contribution in [0.5, 0.6) is 0 Å². The molecule has 0 atom stereocenters. The van der Waals surface area contributed by atoms with Gasteiger partial charge in [-0.15, -0.1) is 0 Å². The van der Waals surface area contributed by atoms with Crippen molar-refractivity contribution in [3.8, 4) is 6.07 Å². The van der Waals surface area contributed by atoms with E-state index in [1.54, 1.807) is 12.1 Å². The van der Waals surface area contributed by atoms with Crippen LogP contribution in [0.25, 0.3) is 0 Å². The number of likely N-dealkylation sites (tertiary alicyclic amines) is 1. The molecule has 1 heterocycles. The third-order valence-corrected chi connectivity index (χ3v) is 4.40. The molecular weight excluding hydrogens is 286 g/mol. The summed E-state index contributed by atoms with van der Waals surface area (Å²) in [4.78, 5) is 14.4. The van der Waals surface area contributed by atoms with E-state index in [4.69, 9.17) is 5.26 Å². The van der Waals surface area contributed by atoms with Crippen molar-refractivity contribution in [1.29, 1.82) is 5.26 Å². The van der Waals surface area contributed by atoms with Gasteiger partial charge in [-0.25, -0.2) is 0 Å². The maximum absolute atomic E-state index is 11.9. The van der Waals surface area contributed by atoms with Gasteiger partial charge in [0, 0.05) is 13.0 Å². The second-order valence-electron chi connectivity index (χ2n) is 6.27. The Hall–Kier alpha value is -1.86. The van der Waals surface area contributed by atoms with Crippen LogP contribution in [0.1, 0.15) is 49.7 Å². The van der Waals surface area contributed by atoms with Crippen LogP contribution in [0, 0.1) is 11.3 Å². The summed E-state index contributed by atoms with van der Waals surface area (Å²) in [6.07, 6.45) is 7.63. The van der Waals surface area contributed by atoms with E-state index in [2.05, 4.69) is 16.3 Å². The minimum absolute atomic E-state index is 0.116. The van der Waals surface area contributed by atoms with Crippen LogP contribution in [0.2, 0.25) is 0 Å². The van der Waals surface area contributed by atoms with Crippen molar-refractivity contribution in [1.82, 2.24) is 10.2 Å². The Morgan fingerprint density at radius 3 is 2.48 bits per heavy atom. The van der Waals surface area contributed by atoms with E-state index >= 15 is 0 Å². The van der Waals surface area contributed by atoms with Crippen molar-refractivity contribution in [3.63, 3.8) is 0 Å². The average Bonchev–Trinajstić information content (AvgIpc) is 2.86. The fraction of sp³-hybridized carbons (Fsp3) is 0.579. The molecule has 0 spiro atoms. The molecule has 23 heavy (non-hydrogen) atoms. The van der Waals surface area contributed by atoms with Gasteiger partial charge in [0.1, 0.15) is 0 Å². The molecule has 1 aromatic carbocycles. The number of rotatable bonds is 7. The monoisotopic (exact) mass is 313 g/mol. The van der Waals surface area contributed by atoms with Gasteiger partial charge in [0.05, 0.1) is 11.6 Å². The molecule has 1 N–H and O–H groups in total. The number of amides is 1. The van der Waals surface area contributed by atoms with Gasteiger partial charge in [0.25, 0.3) is 0 Å². The van der Waals surface area contributed by atoms with Crippen LogP contribution in [-0.2, 0) is 11.2 Å². The number of benzene rings is 1. The molecule has 0 unspecified atom stereocenters. The van der Waals surface area contributed by atoms with E-state index in [1.807, 2.05) is 12.1 Å². The molecule has 1 aromatic rings. The number of carbonyl (C=O) groups is 1. The Bertz CT molecular complexity index is 510. The smallest absolute Gasteiger partial charge is 0.220 e. The van der Waals surface area contributed by atoms with Crippen LogP contribution >= 0.6 is 0 Å². The molecule has 0 saturated carbocycles. The Balaban J connectivity index is 1.56. The maximum Gasteiger partial charge on any atom is 0.220 e. The number of carbonyl (C=O) groups excluding carboxylic acids is 1. The summed E-state index contributed by atoms with van der Waals surface area (Å²) >= 11 is 0. The molecule has 2 rings (SSSR count). The van der Waals surface area contributed by atoms with Crippen molar-refractivity contribution in [3.05, 3.63) is 35.4 Å². The molecule has 1 saturated heterocycles. The molecule has 1 amide bonds. The highest BCUT2D eigenvalue weighted by molar-refractivity contribution is 5.76. The van der Waals surface area contributed by atoms with Gasteiger partial charge in [0.2, 0.25) is 5.91 Å². The van der Waals surface area contributed by atoms with E-state index in [9.17, 15) is 4.79 Å². The molecule has 1 aliphatic rings. The molecule has 0 aromatic heterocycles. The lowest BCUT2D eigenvalue weighted by molar-refractivity contribution is -0.121. The summed E-state index contributed by atoms with van der Waals surface area (Å²) in [6, 6.07) is 9.54. The number of aryl methyl sites for hydroxylation is 1. The van der Waals surface area contributed by atoms with Crippen LogP contribution in [0.15, 0.2) is 24.3 Å². The SMILES string of the molecule is N#Cc1ccc(CCC(=O)NCCCN2CCCCCC2)cc1. The van der Waals surface area contributed by atoms with Crippen molar-refractivity contribution in [2.45, 2.75) is 44.9 Å². The topological polar surface area (TPSA) is 56.1 Å². The fourth-order valence-electron chi connectivity index (χ4n) is 2.98. The minimum atomic E-state index is 0.116. The number of nitriles is 1. The van der Waals surface area contributed by atoms with Gasteiger partial charge in [0.15, 0.2) is 0 Å². The Morgan fingerprint density at radius 2 is 1.83 bits per heavy atom. The lowest BCUT2D eigenvalue weighted by Crippen LogP contribution is -2.30. The van der Waals surface area contributed by atoms with Crippen LogP contribution < -0.4 is 5.32 Å². The van der Waals surface area contributed by atoms with Gasteiger partial charge in [-0.05, 0) is 63.0 Å². The predicted molar refractivity (Wildman–Crippen MR) is 92.0 cm³/mol. The van der Waals surface area contributed by atoms with E-state index in [0.29, 0.717) is 12.0 Å². The van der Waals surface area contributed by atoms with Gasteiger partial charge in [-0.3, -0.25) is 4.79 Å². The summed E-state index contributed by atoms with van der Waals surface area (Å²) in [7, 11) is 0. The zero-order valence-corrected chi connectivity index (χ0v) is 13.9. The van der Waals surface area contributed by atoms with Gasteiger partial charge < -0.3 is 10.2 Å². The minimum Gasteiger partial charge on any atom is -0.356 e. The van der Waals surface area contributed by atoms with Gasteiger partial charge in [-0.1, -0.05) is 25.0 Å². The van der Waals surface area contributed by atoms with Gasteiger partial charge >= 0.3 is 0 Å². The predicted octanol–water partition coefficient (Wildman–Crippen LogP) is 2.87. The lowest BCUT2D eigenvalue weighted by atomic mass is 10.1. The molecule has 4 heteroatoms. The number of hydrogen-bond acceptors (Lipinski definition) is 3. The second kappa shape index (κ2) is 10.0. The molecule has 1 fully saturated rings. The van der Waals surface area contributed by atoms with Crippen molar-refractivity contribution >= 4 is 5.91 Å². The third-order valence-electron chi connectivity index (χ3n) is 4.40. The number of hydrogen-bond donors (Lipinski definition) is 1. The molecule has 0 aliphatic carbocycles. The van der Waals surface area contributed by atoms with E-state index in [1.165, 1.54) is 38.8 Å². The Kier molecular flexibility index (Phi) is 7.62. The molecule has 4 nitrogen and oxygen atoms in total. The zero-order valence-electron chi connectivity index (χ0n) is 13.9. The fourth-order valence-corrected chi connectivity index (χ4v) is 2.98. The quantitative estimate of drug-likeness (QED) is 0.788.